The fourth-order valence-electron chi connectivity index (χ4n) is 9.86. The minimum absolute atomic E-state index is 0.00485. The lowest BCUT2D eigenvalue weighted by Crippen LogP contribution is -2.58. The lowest BCUT2D eigenvalue weighted by atomic mass is 9.52. The molecule has 11 atom stereocenters. The van der Waals surface area contributed by atoms with Crippen LogP contribution in [-0.2, 0) is 0 Å². The second-order valence-electron chi connectivity index (χ2n) is 12.6. The summed E-state index contributed by atoms with van der Waals surface area (Å²) >= 11 is 0. The van der Waals surface area contributed by atoms with Gasteiger partial charge in [-0.2, -0.15) is 0 Å². The molecule has 3 nitrogen and oxygen atoms in total. The van der Waals surface area contributed by atoms with Gasteiger partial charge < -0.3 is 10.2 Å². The highest BCUT2D eigenvalue weighted by Gasteiger charge is 2.59. The first-order valence-corrected chi connectivity index (χ1v) is 13.2. The van der Waals surface area contributed by atoms with Crippen molar-refractivity contribution in [3.05, 3.63) is 11.1 Å². The predicted molar refractivity (Wildman–Crippen MR) is 120 cm³/mol. The normalized spacial score (nSPS) is 55.9. The van der Waals surface area contributed by atoms with Crippen LogP contribution in [0.4, 0.5) is 0 Å². The third kappa shape index (κ3) is 2.73. The number of hydrogen-bond acceptors (Lipinski definition) is 3. The van der Waals surface area contributed by atoms with E-state index in [0.717, 1.165) is 42.1 Å². The van der Waals surface area contributed by atoms with Crippen molar-refractivity contribution in [2.75, 3.05) is 13.1 Å². The molecule has 2 heterocycles. The Kier molecular flexibility index (Phi) is 4.76. The molecule has 0 amide bonds. The van der Waals surface area contributed by atoms with Gasteiger partial charge in [0.05, 0.1) is 12.2 Å². The second kappa shape index (κ2) is 7.06. The SMILES string of the molecule is C[C@@H]1CC[C@H]2[C@H](C)[C@@H]3CCC4=C5CC[C@H]6C[C@@H](O)C[C@H](O)[C@]6(C)[C@H]5C[C@@H]4[C@H]3CN2C1. The van der Waals surface area contributed by atoms with Crippen LogP contribution >= 0.6 is 0 Å². The van der Waals surface area contributed by atoms with Gasteiger partial charge in [0.2, 0.25) is 0 Å². The van der Waals surface area contributed by atoms with Crippen LogP contribution in [0.15, 0.2) is 11.1 Å². The monoisotopic (exact) mass is 413 g/mol. The quantitative estimate of drug-likeness (QED) is 0.569. The predicted octanol–water partition coefficient (Wildman–Crippen LogP) is 4.63. The second-order valence-corrected chi connectivity index (χ2v) is 12.6. The molecular weight excluding hydrogens is 370 g/mol. The molecule has 2 N–H and O–H groups in total. The third-order valence-corrected chi connectivity index (χ3v) is 11.4. The zero-order valence-electron chi connectivity index (χ0n) is 19.4. The Balaban J connectivity index is 1.31. The molecule has 0 aromatic heterocycles. The van der Waals surface area contributed by atoms with E-state index in [-0.39, 0.29) is 17.6 Å². The molecule has 3 heteroatoms. The zero-order valence-corrected chi connectivity index (χ0v) is 19.4. The molecule has 0 aromatic rings. The van der Waals surface area contributed by atoms with Gasteiger partial charge in [0, 0.05) is 24.5 Å². The van der Waals surface area contributed by atoms with Crippen molar-refractivity contribution in [3.8, 4) is 0 Å². The molecule has 0 unspecified atom stereocenters. The highest BCUT2D eigenvalue weighted by molar-refractivity contribution is 5.34. The maximum absolute atomic E-state index is 11.2. The molecule has 0 spiro atoms. The summed E-state index contributed by atoms with van der Waals surface area (Å²) in [6, 6.07) is 0.837. The van der Waals surface area contributed by atoms with Crippen molar-refractivity contribution < 1.29 is 10.2 Å². The number of rotatable bonds is 0. The number of piperidine rings is 2. The average Bonchev–Trinajstić information content (AvgIpc) is 3.09. The number of nitrogens with zero attached hydrogens (tertiary/aromatic N) is 1. The van der Waals surface area contributed by atoms with E-state index in [1.165, 1.54) is 58.0 Å². The van der Waals surface area contributed by atoms with Crippen LogP contribution in [0.2, 0.25) is 0 Å². The van der Waals surface area contributed by atoms with Crippen molar-refractivity contribution in [2.45, 2.75) is 96.8 Å². The highest BCUT2D eigenvalue weighted by Crippen LogP contribution is 2.64. The van der Waals surface area contributed by atoms with Crippen molar-refractivity contribution in [1.29, 1.82) is 0 Å². The maximum atomic E-state index is 11.2. The maximum Gasteiger partial charge on any atom is 0.0626 e. The fraction of sp³-hybridized carbons (Fsp3) is 0.926. The van der Waals surface area contributed by atoms with E-state index < -0.39 is 0 Å². The fourth-order valence-corrected chi connectivity index (χ4v) is 9.86. The van der Waals surface area contributed by atoms with Crippen LogP contribution < -0.4 is 0 Å². The molecule has 4 aliphatic carbocycles. The summed E-state index contributed by atoms with van der Waals surface area (Å²) in [5.74, 6) is 5.32. The first-order chi connectivity index (χ1) is 14.4. The van der Waals surface area contributed by atoms with E-state index >= 15 is 0 Å². The van der Waals surface area contributed by atoms with Gasteiger partial charge in [0.1, 0.15) is 0 Å². The van der Waals surface area contributed by atoms with Gasteiger partial charge in [-0.1, -0.05) is 31.9 Å². The molecule has 5 fully saturated rings. The molecule has 30 heavy (non-hydrogen) atoms. The molecular formula is C27H43NO2. The Morgan fingerprint density at radius 2 is 1.67 bits per heavy atom. The summed E-state index contributed by atoms with van der Waals surface area (Å²) in [5.41, 5.74) is 3.61. The molecule has 0 bridgehead atoms. The average molecular weight is 414 g/mol. The number of fused-ring (bicyclic) bond motifs is 7. The van der Waals surface area contributed by atoms with Crippen molar-refractivity contribution in [2.24, 2.45) is 46.8 Å². The minimum atomic E-state index is -0.333. The van der Waals surface area contributed by atoms with E-state index in [4.69, 9.17) is 0 Å². The molecule has 0 aromatic carbocycles. The molecule has 0 radical (unpaired) electrons. The highest BCUT2D eigenvalue weighted by atomic mass is 16.3. The van der Waals surface area contributed by atoms with Gasteiger partial charge in [-0.3, -0.25) is 4.90 Å². The van der Waals surface area contributed by atoms with Gasteiger partial charge >= 0.3 is 0 Å². The number of aliphatic hydroxyl groups is 2. The largest absolute Gasteiger partial charge is 0.393 e. The molecule has 3 saturated carbocycles. The Bertz CT molecular complexity index is 730. The smallest absolute Gasteiger partial charge is 0.0626 e. The Hall–Kier alpha value is -0.380. The number of allylic oxidation sites excluding steroid dienone is 2. The standard InChI is InChI=1S/C27H43NO2/c1-15-4-9-25-16(2)19-7-8-20-21-6-5-17-10-18(29)11-26(30)27(17,3)24(21)12-22(20)23(19)14-28(25)13-15/h15-19,22-26,29-30H,4-14H2,1-3H3/t15-,16-,17+,18-,19+,22+,23+,24+,25+,26+,27+/m1/s1. The van der Waals surface area contributed by atoms with Crippen LogP contribution in [0.1, 0.15) is 78.6 Å². The van der Waals surface area contributed by atoms with Crippen molar-refractivity contribution in [1.82, 2.24) is 4.90 Å². The number of hydrogen-bond donors (Lipinski definition) is 2. The van der Waals surface area contributed by atoms with Gasteiger partial charge in [0.15, 0.2) is 0 Å². The molecule has 6 aliphatic rings. The van der Waals surface area contributed by atoms with Crippen LogP contribution in [0.5, 0.6) is 0 Å². The van der Waals surface area contributed by atoms with Crippen LogP contribution in [-0.4, -0.2) is 46.5 Å². The topological polar surface area (TPSA) is 43.7 Å². The van der Waals surface area contributed by atoms with E-state index in [1.807, 2.05) is 5.57 Å². The first-order valence-electron chi connectivity index (χ1n) is 13.2. The Labute approximate surface area is 183 Å². The van der Waals surface area contributed by atoms with Crippen LogP contribution in [0.25, 0.3) is 0 Å². The zero-order chi connectivity index (χ0) is 20.8. The summed E-state index contributed by atoms with van der Waals surface area (Å²) in [4.78, 5) is 2.89. The first kappa shape index (κ1) is 20.2. The van der Waals surface area contributed by atoms with E-state index in [1.54, 1.807) is 5.57 Å². The van der Waals surface area contributed by atoms with Gasteiger partial charge in [-0.05, 0) is 99.2 Å². The van der Waals surface area contributed by atoms with Gasteiger partial charge in [-0.25, -0.2) is 0 Å². The molecule has 6 rings (SSSR count). The summed E-state index contributed by atoms with van der Waals surface area (Å²) in [6.07, 6.45) is 10.2. The minimum Gasteiger partial charge on any atom is -0.393 e. The molecule has 168 valence electrons. The van der Waals surface area contributed by atoms with Crippen molar-refractivity contribution in [3.63, 3.8) is 0 Å². The Morgan fingerprint density at radius 3 is 2.50 bits per heavy atom. The summed E-state index contributed by atoms with van der Waals surface area (Å²) < 4.78 is 0. The van der Waals surface area contributed by atoms with Crippen LogP contribution in [0.3, 0.4) is 0 Å². The Morgan fingerprint density at radius 1 is 0.867 bits per heavy atom. The lowest BCUT2D eigenvalue weighted by molar-refractivity contribution is -0.124. The summed E-state index contributed by atoms with van der Waals surface area (Å²) in [6.45, 7) is 10.1. The third-order valence-electron chi connectivity index (χ3n) is 11.4. The van der Waals surface area contributed by atoms with Crippen LogP contribution in [0, 0.1) is 46.8 Å². The van der Waals surface area contributed by atoms with Gasteiger partial charge in [-0.15, -0.1) is 0 Å². The van der Waals surface area contributed by atoms with Gasteiger partial charge in [0.25, 0.3) is 0 Å². The lowest BCUT2D eigenvalue weighted by Gasteiger charge is -2.55. The summed E-state index contributed by atoms with van der Waals surface area (Å²) in [7, 11) is 0. The molecule has 2 aliphatic heterocycles. The van der Waals surface area contributed by atoms with Crippen molar-refractivity contribution >= 4 is 0 Å². The summed E-state index contributed by atoms with van der Waals surface area (Å²) in [5, 5.41) is 21.5. The van der Waals surface area contributed by atoms with E-state index in [0.29, 0.717) is 18.3 Å². The molecule has 2 saturated heterocycles. The van der Waals surface area contributed by atoms with E-state index in [9.17, 15) is 10.2 Å². The van der Waals surface area contributed by atoms with E-state index in [2.05, 4.69) is 25.7 Å². The number of aliphatic hydroxyl groups excluding tert-OH is 2.